The third-order valence-electron chi connectivity index (χ3n) is 3.73. The van der Waals surface area contributed by atoms with E-state index in [1.165, 1.54) is 4.88 Å². The van der Waals surface area contributed by atoms with E-state index in [1.54, 1.807) is 17.5 Å². The second kappa shape index (κ2) is 6.37. The van der Waals surface area contributed by atoms with Crippen LogP contribution in [0, 0.1) is 6.92 Å². The fourth-order valence-corrected chi connectivity index (χ4v) is 3.46. The highest BCUT2D eigenvalue weighted by atomic mass is 32.1. The fourth-order valence-electron chi connectivity index (χ4n) is 2.58. The van der Waals surface area contributed by atoms with Crippen LogP contribution in [-0.2, 0) is 6.54 Å². The zero-order valence-electron chi connectivity index (χ0n) is 13.2. The van der Waals surface area contributed by atoms with Crippen LogP contribution >= 0.6 is 11.3 Å². The summed E-state index contributed by atoms with van der Waals surface area (Å²) >= 11 is 1.69. The largest absolute Gasteiger partial charge is 0.365 e. The van der Waals surface area contributed by atoms with E-state index in [9.17, 15) is 0 Å². The molecule has 0 aliphatic heterocycles. The van der Waals surface area contributed by atoms with E-state index in [4.69, 9.17) is 9.97 Å². The molecule has 3 aromatic heterocycles. The van der Waals surface area contributed by atoms with Crippen molar-refractivity contribution < 1.29 is 0 Å². The minimum Gasteiger partial charge on any atom is -0.365 e. The van der Waals surface area contributed by atoms with Crippen LogP contribution < -0.4 is 5.32 Å². The quantitative estimate of drug-likeness (QED) is 0.590. The molecule has 3 heterocycles. The summed E-state index contributed by atoms with van der Waals surface area (Å²) in [6.45, 7) is 2.78. The summed E-state index contributed by atoms with van der Waals surface area (Å²) in [5, 5.41) is 4.51. The lowest BCUT2D eigenvalue weighted by molar-refractivity contribution is 1.09. The van der Waals surface area contributed by atoms with Crippen molar-refractivity contribution in [2.24, 2.45) is 0 Å². The Hall–Kier alpha value is -2.79. The zero-order chi connectivity index (χ0) is 16.4. The van der Waals surface area contributed by atoms with E-state index < -0.39 is 0 Å². The van der Waals surface area contributed by atoms with Crippen molar-refractivity contribution in [3.05, 3.63) is 71.4 Å². The molecule has 0 aliphatic carbocycles. The van der Waals surface area contributed by atoms with Crippen LogP contribution in [0.25, 0.3) is 21.6 Å². The van der Waals surface area contributed by atoms with Crippen LogP contribution in [0.5, 0.6) is 0 Å². The normalized spacial score (nSPS) is 10.9. The van der Waals surface area contributed by atoms with Gasteiger partial charge in [-0.3, -0.25) is 4.98 Å². The molecule has 118 valence electrons. The molecule has 5 heteroatoms. The molecule has 0 fully saturated rings. The van der Waals surface area contributed by atoms with Gasteiger partial charge >= 0.3 is 0 Å². The van der Waals surface area contributed by atoms with E-state index >= 15 is 0 Å². The SMILES string of the molecule is Cc1cc2c(NCc3cccnc3)nc(-c3ccccc3)nc2s1. The summed E-state index contributed by atoms with van der Waals surface area (Å²) in [5.74, 6) is 1.62. The lowest BCUT2D eigenvalue weighted by atomic mass is 10.2. The Kier molecular flexibility index (Phi) is 3.92. The highest BCUT2D eigenvalue weighted by molar-refractivity contribution is 7.18. The first-order valence-electron chi connectivity index (χ1n) is 7.76. The number of nitrogens with one attached hydrogen (secondary N) is 1. The average Bonchev–Trinajstić information content (AvgIpc) is 3.01. The van der Waals surface area contributed by atoms with Gasteiger partial charge in [0.15, 0.2) is 5.82 Å². The smallest absolute Gasteiger partial charge is 0.163 e. The monoisotopic (exact) mass is 332 g/mol. The van der Waals surface area contributed by atoms with Gasteiger partial charge < -0.3 is 5.32 Å². The van der Waals surface area contributed by atoms with Gasteiger partial charge in [-0.05, 0) is 24.6 Å². The molecule has 0 atom stereocenters. The summed E-state index contributed by atoms with van der Waals surface area (Å²) in [4.78, 5) is 15.9. The summed E-state index contributed by atoms with van der Waals surface area (Å²) in [6.07, 6.45) is 3.64. The van der Waals surface area contributed by atoms with Crippen LogP contribution in [0.3, 0.4) is 0 Å². The number of aryl methyl sites for hydroxylation is 1. The topological polar surface area (TPSA) is 50.7 Å². The lowest BCUT2D eigenvalue weighted by Gasteiger charge is -2.09. The molecule has 4 nitrogen and oxygen atoms in total. The number of pyridine rings is 1. The summed E-state index contributed by atoms with van der Waals surface area (Å²) in [6, 6.07) is 16.2. The molecule has 0 saturated heterocycles. The van der Waals surface area contributed by atoms with Crippen LogP contribution in [0.1, 0.15) is 10.4 Å². The van der Waals surface area contributed by atoms with Crippen LogP contribution in [0.2, 0.25) is 0 Å². The molecule has 1 aromatic carbocycles. The standard InChI is InChI=1S/C19H16N4S/c1-13-10-16-18(21-12-14-6-5-9-20-11-14)22-17(23-19(16)24-13)15-7-3-2-4-8-15/h2-11H,12H2,1H3,(H,21,22,23). The average molecular weight is 332 g/mol. The van der Waals surface area contributed by atoms with Gasteiger partial charge in [-0.1, -0.05) is 36.4 Å². The molecule has 4 rings (SSSR count). The Labute approximate surface area is 144 Å². The predicted octanol–water partition coefficient (Wildman–Crippen LogP) is 4.67. The summed E-state index contributed by atoms with van der Waals surface area (Å²) in [7, 11) is 0. The first-order chi connectivity index (χ1) is 11.8. The zero-order valence-corrected chi connectivity index (χ0v) is 14.0. The van der Waals surface area contributed by atoms with E-state index in [0.29, 0.717) is 6.54 Å². The van der Waals surface area contributed by atoms with Crippen molar-refractivity contribution >= 4 is 27.4 Å². The molecule has 0 aliphatic rings. The Balaban J connectivity index is 1.75. The van der Waals surface area contributed by atoms with Crippen molar-refractivity contribution in [1.29, 1.82) is 0 Å². The number of benzene rings is 1. The Morgan fingerprint density at radius 2 is 1.92 bits per heavy atom. The fraction of sp³-hybridized carbons (Fsp3) is 0.105. The van der Waals surface area contributed by atoms with Gasteiger partial charge in [-0.2, -0.15) is 0 Å². The third kappa shape index (κ3) is 2.98. The van der Waals surface area contributed by atoms with E-state index in [-0.39, 0.29) is 0 Å². The van der Waals surface area contributed by atoms with Crippen molar-refractivity contribution in [2.45, 2.75) is 13.5 Å². The number of fused-ring (bicyclic) bond motifs is 1. The maximum Gasteiger partial charge on any atom is 0.163 e. The van der Waals surface area contributed by atoms with Gasteiger partial charge in [0.25, 0.3) is 0 Å². The van der Waals surface area contributed by atoms with Gasteiger partial charge in [0.05, 0.1) is 5.39 Å². The molecule has 1 N–H and O–H groups in total. The molecule has 0 saturated carbocycles. The Bertz CT molecular complexity index is 965. The van der Waals surface area contributed by atoms with Gasteiger partial charge in [-0.15, -0.1) is 11.3 Å². The van der Waals surface area contributed by atoms with Crippen molar-refractivity contribution in [2.75, 3.05) is 5.32 Å². The number of anilines is 1. The summed E-state index contributed by atoms with van der Waals surface area (Å²) in [5.41, 5.74) is 2.15. The number of rotatable bonds is 4. The molecule has 0 amide bonds. The number of hydrogen-bond donors (Lipinski definition) is 1. The van der Waals surface area contributed by atoms with Crippen LogP contribution in [0.15, 0.2) is 60.9 Å². The molecule has 4 aromatic rings. The number of aromatic nitrogens is 3. The van der Waals surface area contributed by atoms with E-state index in [0.717, 1.165) is 33.0 Å². The minimum absolute atomic E-state index is 0.684. The Morgan fingerprint density at radius 3 is 2.71 bits per heavy atom. The molecule has 0 bridgehead atoms. The summed E-state index contributed by atoms with van der Waals surface area (Å²) < 4.78 is 0. The first kappa shape index (κ1) is 14.8. The molecule has 0 radical (unpaired) electrons. The van der Waals surface area contributed by atoms with Gasteiger partial charge in [0, 0.05) is 29.4 Å². The van der Waals surface area contributed by atoms with Crippen LogP contribution in [-0.4, -0.2) is 15.0 Å². The lowest BCUT2D eigenvalue weighted by Crippen LogP contribution is -2.03. The molecular weight excluding hydrogens is 316 g/mol. The van der Waals surface area contributed by atoms with Crippen molar-refractivity contribution in [1.82, 2.24) is 15.0 Å². The van der Waals surface area contributed by atoms with Gasteiger partial charge in [-0.25, -0.2) is 9.97 Å². The van der Waals surface area contributed by atoms with Crippen molar-refractivity contribution in [3.63, 3.8) is 0 Å². The van der Waals surface area contributed by atoms with Crippen molar-refractivity contribution in [3.8, 4) is 11.4 Å². The molecular formula is C19H16N4S. The maximum absolute atomic E-state index is 4.76. The second-order valence-corrected chi connectivity index (χ2v) is 6.79. The van der Waals surface area contributed by atoms with Gasteiger partial charge in [0.2, 0.25) is 0 Å². The van der Waals surface area contributed by atoms with E-state index in [1.807, 2.05) is 42.6 Å². The Morgan fingerprint density at radius 1 is 1.04 bits per heavy atom. The number of nitrogens with zero attached hydrogens (tertiary/aromatic N) is 3. The van der Waals surface area contributed by atoms with Gasteiger partial charge in [0.1, 0.15) is 10.6 Å². The second-order valence-electron chi connectivity index (χ2n) is 5.55. The third-order valence-corrected chi connectivity index (χ3v) is 4.68. The maximum atomic E-state index is 4.76. The number of thiophene rings is 1. The first-order valence-corrected chi connectivity index (χ1v) is 8.57. The molecule has 24 heavy (non-hydrogen) atoms. The highest BCUT2D eigenvalue weighted by Gasteiger charge is 2.11. The minimum atomic E-state index is 0.684. The highest BCUT2D eigenvalue weighted by Crippen LogP contribution is 2.31. The number of hydrogen-bond acceptors (Lipinski definition) is 5. The van der Waals surface area contributed by atoms with E-state index in [2.05, 4.69) is 29.4 Å². The molecule has 0 spiro atoms. The van der Waals surface area contributed by atoms with Crippen LogP contribution in [0.4, 0.5) is 5.82 Å². The predicted molar refractivity (Wildman–Crippen MR) is 99.2 cm³/mol. The molecule has 0 unspecified atom stereocenters.